The molecule has 0 aromatic carbocycles. The lowest BCUT2D eigenvalue weighted by Gasteiger charge is -2.04. The second kappa shape index (κ2) is 7.33. The van der Waals surface area contributed by atoms with E-state index in [4.69, 9.17) is 4.74 Å². The quantitative estimate of drug-likeness (QED) is 0.550. The van der Waals surface area contributed by atoms with Gasteiger partial charge in [-0.25, -0.2) is 0 Å². The fourth-order valence-corrected chi connectivity index (χ4v) is 1.17. The first-order valence-corrected chi connectivity index (χ1v) is 5.08. The van der Waals surface area contributed by atoms with Crippen molar-refractivity contribution in [2.24, 2.45) is 7.05 Å². The number of rotatable bonds is 8. The fourth-order valence-electron chi connectivity index (χ4n) is 1.17. The molecular weight excluding hydrogens is 194 g/mol. The van der Waals surface area contributed by atoms with Gasteiger partial charge in [0.15, 0.2) is 0 Å². The maximum Gasteiger partial charge on any atom is 0.0964 e. The van der Waals surface area contributed by atoms with Crippen LogP contribution in [-0.4, -0.2) is 48.3 Å². The van der Waals surface area contributed by atoms with Crippen molar-refractivity contribution >= 4 is 0 Å². The highest BCUT2D eigenvalue weighted by molar-refractivity contribution is 4.90. The third-order valence-electron chi connectivity index (χ3n) is 1.92. The predicted octanol–water partition coefficient (Wildman–Crippen LogP) is -0.859. The largest absolute Gasteiger partial charge is 0.383 e. The molecule has 0 saturated carbocycles. The van der Waals surface area contributed by atoms with Crippen molar-refractivity contribution in [1.29, 1.82) is 0 Å². The maximum absolute atomic E-state index is 4.92. The van der Waals surface area contributed by atoms with Gasteiger partial charge in [-0.3, -0.25) is 4.68 Å². The summed E-state index contributed by atoms with van der Waals surface area (Å²) in [7, 11) is 3.57. The van der Waals surface area contributed by atoms with E-state index in [0.717, 1.165) is 38.5 Å². The van der Waals surface area contributed by atoms with Crippen molar-refractivity contribution in [2.75, 3.05) is 33.4 Å². The van der Waals surface area contributed by atoms with Crippen LogP contribution >= 0.6 is 0 Å². The minimum absolute atomic E-state index is 0.754. The molecule has 0 atom stereocenters. The van der Waals surface area contributed by atoms with Gasteiger partial charge in [-0.15, -0.1) is 5.10 Å². The molecule has 1 heterocycles. The molecule has 2 N–H and O–H groups in total. The predicted molar refractivity (Wildman–Crippen MR) is 57.5 cm³/mol. The summed E-state index contributed by atoms with van der Waals surface area (Å²) in [6.07, 6.45) is 1.91. The van der Waals surface area contributed by atoms with Crippen LogP contribution in [0.3, 0.4) is 0 Å². The van der Waals surface area contributed by atoms with E-state index in [9.17, 15) is 0 Å². The molecule has 0 spiro atoms. The van der Waals surface area contributed by atoms with Crippen LogP contribution in [0.1, 0.15) is 5.69 Å². The van der Waals surface area contributed by atoms with E-state index >= 15 is 0 Å². The van der Waals surface area contributed by atoms with Crippen LogP contribution in [0.4, 0.5) is 0 Å². The summed E-state index contributed by atoms with van der Waals surface area (Å²) < 4.78 is 6.62. The number of nitrogens with one attached hydrogen (secondary N) is 2. The lowest BCUT2D eigenvalue weighted by molar-refractivity contribution is 0.199. The molecule has 0 aliphatic heterocycles. The van der Waals surface area contributed by atoms with Gasteiger partial charge in [-0.1, -0.05) is 5.21 Å². The van der Waals surface area contributed by atoms with Crippen molar-refractivity contribution in [2.45, 2.75) is 6.54 Å². The summed E-state index contributed by atoms with van der Waals surface area (Å²) in [6.45, 7) is 4.26. The highest BCUT2D eigenvalue weighted by Crippen LogP contribution is 1.88. The average molecular weight is 213 g/mol. The Balaban J connectivity index is 1.93. The molecule has 0 amide bonds. The summed E-state index contributed by atoms with van der Waals surface area (Å²) in [4.78, 5) is 0. The van der Waals surface area contributed by atoms with E-state index < -0.39 is 0 Å². The van der Waals surface area contributed by atoms with Crippen molar-refractivity contribution in [3.05, 3.63) is 11.9 Å². The zero-order chi connectivity index (χ0) is 10.9. The van der Waals surface area contributed by atoms with Gasteiger partial charge < -0.3 is 15.4 Å². The van der Waals surface area contributed by atoms with Gasteiger partial charge in [0, 0.05) is 46.5 Å². The Bertz CT molecular complexity index is 263. The SMILES string of the molecule is COCCNCCNCc1cn(C)nn1. The Morgan fingerprint density at radius 1 is 1.33 bits per heavy atom. The first kappa shape index (κ1) is 12.1. The minimum Gasteiger partial charge on any atom is -0.383 e. The van der Waals surface area contributed by atoms with Crippen LogP contribution < -0.4 is 10.6 Å². The molecule has 0 saturated heterocycles. The normalized spacial score (nSPS) is 10.8. The molecular formula is C9H19N5O. The summed E-state index contributed by atoms with van der Waals surface area (Å²) in [5.74, 6) is 0. The molecule has 0 radical (unpaired) electrons. The fraction of sp³-hybridized carbons (Fsp3) is 0.778. The molecule has 0 unspecified atom stereocenters. The monoisotopic (exact) mass is 213 g/mol. The van der Waals surface area contributed by atoms with Crippen molar-refractivity contribution < 1.29 is 4.74 Å². The molecule has 0 bridgehead atoms. The van der Waals surface area contributed by atoms with E-state index in [1.54, 1.807) is 11.8 Å². The van der Waals surface area contributed by atoms with Gasteiger partial charge in [-0.05, 0) is 0 Å². The van der Waals surface area contributed by atoms with E-state index in [1.807, 2.05) is 13.2 Å². The lowest BCUT2D eigenvalue weighted by Crippen LogP contribution is -2.29. The summed E-state index contributed by atoms with van der Waals surface area (Å²) in [5.41, 5.74) is 0.967. The van der Waals surface area contributed by atoms with Gasteiger partial charge >= 0.3 is 0 Å². The van der Waals surface area contributed by atoms with E-state index in [0.29, 0.717) is 0 Å². The number of ether oxygens (including phenoxy) is 1. The summed E-state index contributed by atoms with van der Waals surface area (Å²) >= 11 is 0. The summed E-state index contributed by atoms with van der Waals surface area (Å²) in [6, 6.07) is 0. The van der Waals surface area contributed by atoms with Crippen molar-refractivity contribution in [3.63, 3.8) is 0 Å². The molecule has 0 aliphatic carbocycles. The minimum atomic E-state index is 0.754. The Morgan fingerprint density at radius 2 is 2.13 bits per heavy atom. The van der Waals surface area contributed by atoms with Crippen molar-refractivity contribution in [1.82, 2.24) is 25.6 Å². The van der Waals surface area contributed by atoms with Gasteiger partial charge in [0.25, 0.3) is 0 Å². The topological polar surface area (TPSA) is 64.0 Å². The molecule has 1 aromatic rings. The summed E-state index contributed by atoms with van der Waals surface area (Å²) in [5, 5.41) is 14.3. The van der Waals surface area contributed by atoms with Gasteiger partial charge in [0.2, 0.25) is 0 Å². The Kier molecular flexibility index (Phi) is 5.91. The van der Waals surface area contributed by atoms with Gasteiger partial charge in [0.1, 0.15) is 0 Å². The van der Waals surface area contributed by atoms with E-state index in [2.05, 4.69) is 20.9 Å². The number of aromatic nitrogens is 3. The average Bonchev–Trinajstić information content (AvgIpc) is 2.63. The van der Waals surface area contributed by atoms with Crippen LogP contribution in [0.15, 0.2) is 6.20 Å². The van der Waals surface area contributed by atoms with Crippen molar-refractivity contribution in [3.8, 4) is 0 Å². The number of aryl methyl sites for hydroxylation is 1. The molecule has 0 fully saturated rings. The van der Waals surface area contributed by atoms with E-state index in [-0.39, 0.29) is 0 Å². The molecule has 86 valence electrons. The lowest BCUT2D eigenvalue weighted by atomic mass is 10.4. The Morgan fingerprint density at radius 3 is 2.80 bits per heavy atom. The molecule has 0 aliphatic rings. The Hall–Kier alpha value is -0.980. The molecule has 6 nitrogen and oxygen atoms in total. The van der Waals surface area contributed by atoms with Crippen LogP contribution in [0.2, 0.25) is 0 Å². The maximum atomic E-state index is 4.92. The van der Waals surface area contributed by atoms with Gasteiger partial charge in [-0.2, -0.15) is 0 Å². The van der Waals surface area contributed by atoms with Crippen LogP contribution in [-0.2, 0) is 18.3 Å². The highest BCUT2D eigenvalue weighted by atomic mass is 16.5. The molecule has 1 aromatic heterocycles. The smallest absolute Gasteiger partial charge is 0.0964 e. The zero-order valence-electron chi connectivity index (χ0n) is 9.36. The Labute approximate surface area is 90.0 Å². The first-order chi connectivity index (χ1) is 7.33. The highest BCUT2D eigenvalue weighted by Gasteiger charge is 1.96. The number of hydrogen-bond acceptors (Lipinski definition) is 5. The number of nitrogens with zero attached hydrogens (tertiary/aromatic N) is 3. The first-order valence-electron chi connectivity index (χ1n) is 5.08. The van der Waals surface area contributed by atoms with E-state index in [1.165, 1.54) is 0 Å². The zero-order valence-corrected chi connectivity index (χ0v) is 9.36. The van der Waals surface area contributed by atoms with Crippen LogP contribution in [0.25, 0.3) is 0 Å². The van der Waals surface area contributed by atoms with Crippen LogP contribution in [0, 0.1) is 0 Å². The molecule has 6 heteroatoms. The third kappa shape index (κ3) is 5.46. The second-order valence-electron chi connectivity index (χ2n) is 3.30. The number of hydrogen-bond donors (Lipinski definition) is 2. The molecule has 15 heavy (non-hydrogen) atoms. The number of methoxy groups -OCH3 is 1. The van der Waals surface area contributed by atoms with Crippen LogP contribution in [0.5, 0.6) is 0 Å². The standard InChI is InChI=1S/C9H19N5O/c1-14-8-9(12-13-14)7-11-4-3-10-5-6-15-2/h8,10-11H,3-7H2,1-2H3. The van der Waals surface area contributed by atoms with Gasteiger partial charge in [0.05, 0.1) is 12.3 Å². The third-order valence-corrected chi connectivity index (χ3v) is 1.92. The second-order valence-corrected chi connectivity index (χ2v) is 3.30. The molecule has 1 rings (SSSR count).